The summed E-state index contributed by atoms with van der Waals surface area (Å²) in [7, 11) is 0. The maximum absolute atomic E-state index is 13.1. The number of anilines is 2. The minimum Gasteiger partial charge on any atom is -0.338 e. The van der Waals surface area contributed by atoms with Gasteiger partial charge in [-0.25, -0.2) is 13.9 Å². The molecule has 0 atom stereocenters. The lowest BCUT2D eigenvalue weighted by Gasteiger charge is -2.29. The number of nitrogens with one attached hydrogen (secondary N) is 1. The number of hydrogen-bond donors (Lipinski definition) is 2. The Balaban J connectivity index is 1.61. The monoisotopic (exact) mass is 340 g/mol. The molecule has 6 nitrogen and oxygen atoms in total. The number of fused-ring (bicyclic) bond motifs is 1. The minimum absolute atomic E-state index is 0.259. The highest BCUT2D eigenvalue weighted by atomic mass is 19.1. The van der Waals surface area contributed by atoms with Crippen molar-refractivity contribution < 1.29 is 4.39 Å². The molecule has 0 aliphatic carbocycles. The number of nitrogens with zero attached hydrogens (tertiary/aromatic N) is 4. The summed E-state index contributed by atoms with van der Waals surface area (Å²) in [6.45, 7) is 2.86. The Hall–Kier alpha value is -2.51. The van der Waals surface area contributed by atoms with E-state index < -0.39 is 0 Å². The molecule has 0 saturated carbocycles. The number of hydrogen-bond acceptors (Lipinski definition) is 5. The fourth-order valence-corrected chi connectivity index (χ4v) is 3.26. The van der Waals surface area contributed by atoms with Crippen LogP contribution < -0.4 is 11.1 Å². The smallest absolute Gasteiger partial charge is 0.158 e. The lowest BCUT2D eigenvalue weighted by molar-refractivity contribution is 0.206. The maximum atomic E-state index is 13.1. The Labute approximate surface area is 145 Å². The summed E-state index contributed by atoms with van der Waals surface area (Å²) >= 11 is 0. The summed E-state index contributed by atoms with van der Waals surface area (Å²) in [4.78, 5) is 6.80. The second-order valence-electron chi connectivity index (χ2n) is 6.49. The normalized spacial score (nSPS) is 16.4. The highest BCUT2D eigenvalue weighted by Gasteiger charge is 2.18. The molecule has 130 valence electrons. The molecule has 3 N–H and O–H groups in total. The van der Waals surface area contributed by atoms with Crippen LogP contribution in [0.5, 0.6) is 0 Å². The van der Waals surface area contributed by atoms with Crippen LogP contribution in [-0.2, 0) is 6.54 Å². The molecule has 0 bridgehead atoms. The van der Waals surface area contributed by atoms with Gasteiger partial charge in [0.1, 0.15) is 17.7 Å². The molecule has 1 aliphatic heterocycles. The third kappa shape index (κ3) is 3.47. The van der Waals surface area contributed by atoms with Gasteiger partial charge >= 0.3 is 0 Å². The number of likely N-dealkylation sites (tertiary alicyclic amines) is 1. The van der Waals surface area contributed by atoms with Gasteiger partial charge in [-0.3, -0.25) is 4.90 Å². The third-order valence-electron chi connectivity index (χ3n) is 4.67. The summed E-state index contributed by atoms with van der Waals surface area (Å²) in [6, 6.07) is 8.65. The average Bonchev–Trinajstić information content (AvgIpc) is 3.03. The van der Waals surface area contributed by atoms with Crippen LogP contribution in [0.15, 0.2) is 42.9 Å². The van der Waals surface area contributed by atoms with Crippen molar-refractivity contribution in [3.05, 3.63) is 54.2 Å². The van der Waals surface area contributed by atoms with E-state index in [4.69, 9.17) is 5.73 Å². The zero-order valence-electron chi connectivity index (χ0n) is 13.9. The molecule has 3 aromatic rings. The van der Waals surface area contributed by atoms with Crippen molar-refractivity contribution >= 4 is 17.0 Å². The Morgan fingerprint density at radius 1 is 1.16 bits per heavy atom. The first-order chi connectivity index (χ1) is 12.2. The predicted octanol–water partition coefficient (Wildman–Crippen LogP) is 2.54. The van der Waals surface area contributed by atoms with Gasteiger partial charge in [0.2, 0.25) is 0 Å². The number of aromatic nitrogens is 3. The van der Waals surface area contributed by atoms with Crippen LogP contribution in [0.4, 0.5) is 15.9 Å². The molecule has 0 amide bonds. The number of nitrogens with two attached hydrogens (primary N) is 1. The van der Waals surface area contributed by atoms with Gasteiger partial charge in [0.25, 0.3) is 0 Å². The fraction of sp³-hybridized carbons (Fsp3) is 0.333. The summed E-state index contributed by atoms with van der Waals surface area (Å²) < 4.78 is 14.9. The number of halogens is 1. The van der Waals surface area contributed by atoms with Gasteiger partial charge in [-0.15, -0.1) is 0 Å². The van der Waals surface area contributed by atoms with E-state index in [9.17, 15) is 4.39 Å². The topological polar surface area (TPSA) is 71.5 Å². The van der Waals surface area contributed by atoms with Crippen molar-refractivity contribution in [3.8, 4) is 0 Å². The second-order valence-corrected chi connectivity index (χ2v) is 6.49. The Morgan fingerprint density at radius 3 is 2.68 bits per heavy atom. The van der Waals surface area contributed by atoms with Crippen LogP contribution in [0.3, 0.4) is 0 Å². The molecule has 0 radical (unpaired) electrons. The molecule has 0 spiro atoms. The van der Waals surface area contributed by atoms with Gasteiger partial charge in [0.05, 0.1) is 0 Å². The molecule has 1 aromatic carbocycles. The standard InChI is InChI=1S/C18H21FN6/c19-14-1-3-16(4-2-14)23-18-17-13(5-10-25(17)22-12-21-18)11-24-8-6-15(20)7-9-24/h1-5,10,12,15H,6-9,11,20H2,(H,21,22,23). The van der Waals surface area contributed by atoms with Gasteiger partial charge in [-0.05, 0) is 61.8 Å². The lowest BCUT2D eigenvalue weighted by Crippen LogP contribution is -2.39. The largest absolute Gasteiger partial charge is 0.338 e. The van der Waals surface area contributed by atoms with Gasteiger partial charge in [-0.1, -0.05) is 0 Å². The van der Waals surface area contributed by atoms with Crippen LogP contribution in [0.2, 0.25) is 0 Å². The van der Waals surface area contributed by atoms with Crippen molar-refractivity contribution in [2.45, 2.75) is 25.4 Å². The Bertz CT molecular complexity index is 852. The highest BCUT2D eigenvalue weighted by Crippen LogP contribution is 2.25. The van der Waals surface area contributed by atoms with Crippen molar-refractivity contribution in [2.24, 2.45) is 5.73 Å². The van der Waals surface area contributed by atoms with E-state index in [0.717, 1.165) is 49.5 Å². The SMILES string of the molecule is NC1CCN(Cc2ccn3ncnc(Nc4ccc(F)cc4)c23)CC1. The van der Waals surface area contributed by atoms with E-state index in [1.807, 2.05) is 10.7 Å². The molecule has 1 aliphatic rings. The van der Waals surface area contributed by atoms with E-state index in [1.54, 1.807) is 12.1 Å². The first kappa shape index (κ1) is 16.0. The lowest BCUT2D eigenvalue weighted by atomic mass is 10.1. The van der Waals surface area contributed by atoms with Crippen molar-refractivity contribution in [3.63, 3.8) is 0 Å². The number of benzene rings is 1. The van der Waals surface area contributed by atoms with Crippen LogP contribution in [0.25, 0.3) is 5.52 Å². The average molecular weight is 340 g/mol. The van der Waals surface area contributed by atoms with Crippen molar-refractivity contribution in [1.82, 2.24) is 19.5 Å². The van der Waals surface area contributed by atoms with E-state index in [0.29, 0.717) is 6.04 Å². The van der Waals surface area contributed by atoms with Gasteiger partial charge in [0.15, 0.2) is 5.82 Å². The van der Waals surface area contributed by atoms with Crippen LogP contribution in [0, 0.1) is 5.82 Å². The first-order valence-corrected chi connectivity index (χ1v) is 8.51. The molecule has 2 aromatic heterocycles. The molecule has 4 rings (SSSR count). The van der Waals surface area contributed by atoms with Crippen LogP contribution in [-0.4, -0.2) is 38.6 Å². The maximum Gasteiger partial charge on any atom is 0.158 e. The third-order valence-corrected chi connectivity index (χ3v) is 4.67. The van der Waals surface area contributed by atoms with E-state index in [2.05, 4.69) is 26.4 Å². The van der Waals surface area contributed by atoms with Gasteiger partial charge in [0, 0.05) is 24.5 Å². The summed E-state index contributed by atoms with van der Waals surface area (Å²) in [5.74, 6) is 0.459. The minimum atomic E-state index is -0.259. The fourth-order valence-electron chi connectivity index (χ4n) is 3.26. The second kappa shape index (κ2) is 6.78. The molecule has 1 saturated heterocycles. The summed E-state index contributed by atoms with van der Waals surface area (Å²) in [5.41, 5.74) is 8.90. The molecule has 7 heteroatoms. The Morgan fingerprint density at radius 2 is 1.92 bits per heavy atom. The number of piperidine rings is 1. The molecule has 25 heavy (non-hydrogen) atoms. The van der Waals surface area contributed by atoms with Crippen molar-refractivity contribution in [2.75, 3.05) is 18.4 Å². The summed E-state index contributed by atoms with van der Waals surface area (Å²) in [6.07, 6.45) is 5.52. The van der Waals surface area contributed by atoms with Crippen molar-refractivity contribution in [1.29, 1.82) is 0 Å². The molecule has 3 heterocycles. The van der Waals surface area contributed by atoms with E-state index >= 15 is 0 Å². The van der Waals surface area contributed by atoms with E-state index in [1.165, 1.54) is 24.0 Å². The first-order valence-electron chi connectivity index (χ1n) is 8.51. The zero-order valence-corrected chi connectivity index (χ0v) is 13.9. The van der Waals surface area contributed by atoms with Gasteiger partial charge < -0.3 is 11.1 Å². The highest BCUT2D eigenvalue weighted by molar-refractivity contribution is 5.76. The molecular weight excluding hydrogens is 319 g/mol. The summed E-state index contributed by atoms with van der Waals surface area (Å²) in [5, 5.41) is 7.56. The zero-order chi connectivity index (χ0) is 17.2. The molecular formula is C18H21FN6. The quantitative estimate of drug-likeness (QED) is 0.764. The Kier molecular flexibility index (Phi) is 4.33. The van der Waals surface area contributed by atoms with Gasteiger partial charge in [-0.2, -0.15) is 5.10 Å². The van der Waals surface area contributed by atoms with Crippen LogP contribution >= 0.6 is 0 Å². The van der Waals surface area contributed by atoms with Crippen LogP contribution in [0.1, 0.15) is 18.4 Å². The predicted molar refractivity (Wildman–Crippen MR) is 95.2 cm³/mol. The molecule has 1 fully saturated rings. The molecule has 0 unspecified atom stereocenters. The van der Waals surface area contributed by atoms with E-state index in [-0.39, 0.29) is 5.82 Å². The number of rotatable bonds is 4.